The minimum absolute atomic E-state index is 0. The fourth-order valence-electron chi connectivity index (χ4n) is 3.53. The topological polar surface area (TPSA) is 55.6 Å². The Labute approximate surface area is 141 Å². The molecule has 1 aliphatic carbocycles. The molecule has 2 atom stereocenters. The van der Waals surface area contributed by atoms with Gasteiger partial charge >= 0.3 is 0 Å². The van der Waals surface area contributed by atoms with Crippen molar-refractivity contribution >= 4 is 18.3 Å². The standard InChI is InChI=1S/C17H32N2O2.ClH/c1-4-14(21-13-8-6-5-7-9-13)16(20)19-11-10-15(18)17(2,3)12-19;/h13-15H,4-12,18H2,1-3H3;1H. The first-order valence-corrected chi connectivity index (χ1v) is 8.64. The predicted octanol–water partition coefficient (Wildman–Crippen LogP) is 3.12. The largest absolute Gasteiger partial charge is 0.365 e. The summed E-state index contributed by atoms with van der Waals surface area (Å²) >= 11 is 0. The molecule has 0 bridgehead atoms. The van der Waals surface area contributed by atoms with Crippen molar-refractivity contribution in [3.63, 3.8) is 0 Å². The van der Waals surface area contributed by atoms with Crippen LogP contribution in [-0.2, 0) is 9.53 Å². The van der Waals surface area contributed by atoms with E-state index in [4.69, 9.17) is 10.5 Å². The minimum atomic E-state index is -0.266. The van der Waals surface area contributed by atoms with Crippen LogP contribution < -0.4 is 5.73 Å². The number of nitrogens with two attached hydrogens (primary N) is 1. The second kappa shape index (κ2) is 8.51. The molecule has 0 aromatic heterocycles. The van der Waals surface area contributed by atoms with Gasteiger partial charge in [-0.05, 0) is 31.1 Å². The molecule has 2 rings (SSSR count). The van der Waals surface area contributed by atoms with Gasteiger partial charge in [0.25, 0.3) is 5.91 Å². The maximum Gasteiger partial charge on any atom is 0.251 e. The number of carbonyl (C=O) groups excluding carboxylic acids is 1. The summed E-state index contributed by atoms with van der Waals surface area (Å²) in [6.45, 7) is 7.87. The fourth-order valence-corrected chi connectivity index (χ4v) is 3.53. The van der Waals surface area contributed by atoms with Crippen LogP contribution in [0.25, 0.3) is 0 Å². The van der Waals surface area contributed by atoms with Gasteiger partial charge in [0.05, 0.1) is 6.10 Å². The zero-order valence-electron chi connectivity index (χ0n) is 14.3. The predicted molar refractivity (Wildman–Crippen MR) is 92.2 cm³/mol. The molecule has 130 valence electrons. The van der Waals surface area contributed by atoms with Crippen molar-refractivity contribution in [2.75, 3.05) is 13.1 Å². The van der Waals surface area contributed by atoms with Crippen molar-refractivity contribution in [2.45, 2.75) is 84.0 Å². The Morgan fingerprint density at radius 1 is 1.27 bits per heavy atom. The average molecular weight is 333 g/mol. The smallest absolute Gasteiger partial charge is 0.251 e. The third-order valence-corrected chi connectivity index (χ3v) is 5.18. The van der Waals surface area contributed by atoms with Crippen LogP contribution in [-0.4, -0.2) is 42.1 Å². The molecule has 5 heteroatoms. The van der Waals surface area contributed by atoms with Crippen molar-refractivity contribution in [1.82, 2.24) is 4.90 Å². The molecule has 0 aromatic rings. The van der Waals surface area contributed by atoms with Gasteiger partial charge in [-0.15, -0.1) is 12.4 Å². The van der Waals surface area contributed by atoms with Gasteiger partial charge in [0.1, 0.15) is 6.10 Å². The Balaban J connectivity index is 0.00000242. The van der Waals surface area contributed by atoms with E-state index < -0.39 is 0 Å². The van der Waals surface area contributed by atoms with Gasteiger partial charge < -0.3 is 15.4 Å². The highest BCUT2D eigenvalue weighted by Crippen LogP contribution is 2.29. The van der Waals surface area contributed by atoms with E-state index in [9.17, 15) is 4.79 Å². The first-order valence-electron chi connectivity index (χ1n) is 8.64. The minimum Gasteiger partial charge on any atom is -0.365 e. The molecule has 2 aliphatic rings. The van der Waals surface area contributed by atoms with Gasteiger partial charge in [0.15, 0.2) is 0 Å². The quantitative estimate of drug-likeness (QED) is 0.860. The van der Waals surface area contributed by atoms with Crippen molar-refractivity contribution in [3.05, 3.63) is 0 Å². The van der Waals surface area contributed by atoms with Crippen LogP contribution >= 0.6 is 12.4 Å². The lowest BCUT2D eigenvalue weighted by Crippen LogP contribution is -2.56. The van der Waals surface area contributed by atoms with Gasteiger partial charge in [-0.25, -0.2) is 0 Å². The van der Waals surface area contributed by atoms with Gasteiger partial charge in [-0.1, -0.05) is 40.0 Å². The van der Waals surface area contributed by atoms with E-state index in [0.717, 1.165) is 38.8 Å². The Morgan fingerprint density at radius 2 is 1.91 bits per heavy atom. The normalized spacial score (nSPS) is 27.1. The summed E-state index contributed by atoms with van der Waals surface area (Å²) < 4.78 is 6.13. The lowest BCUT2D eigenvalue weighted by molar-refractivity contribution is -0.152. The van der Waals surface area contributed by atoms with Crippen LogP contribution in [0.3, 0.4) is 0 Å². The summed E-state index contributed by atoms with van der Waals surface area (Å²) in [7, 11) is 0. The molecule has 1 amide bonds. The summed E-state index contributed by atoms with van der Waals surface area (Å²) in [5.74, 6) is 0.169. The third-order valence-electron chi connectivity index (χ3n) is 5.18. The van der Waals surface area contributed by atoms with E-state index in [-0.39, 0.29) is 42.0 Å². The lowest BCUT2D eigenvalue weighted by Gasteiger charge is -2.43. The van der Waals surface area contributed by atoms with Gasteiger partial charge in [-0.2, -0.15) is 0 Å². The van der Waals surface area contributed by atoms with E-state index in [0.29, 0.717) is 0 Å². The molecule has 0 spiro atoms. The van der Waals surface area contributed by atoms with Crippen LogP contribution in [0.1, 0.15) is 65.7 Å². The molecular formula is C17H33ClN2O2. The highest BCUT2D eigenvalue weighted by Gasteiger charge is 2.37. The van der Waals surface area contributed by atoms with E-state index in [1.807, 2.05) is 11.8 Å². The van der Waals surface area contributed by atoms with Crippen LogP contribution in [0.2, 0.25) is 0 Å². The third kappa shape index (κ3) is 4.84. The Bertz CT molecular complexity index is 357. The summed E-state index contributed by atoms with van der Waals surface area (Å²) in [6.07, 6.45) is 7.67. The average Bonchev–Trinajstić information content (AvgIpc) is 2.48. The maximum absolute atomic E-state index is 12.8. The van der Waals surface area contributed by atoms with Crippen LogP contribution in [0.15, 0.2) is 0 Å². The molecule has 22 heavy (non-hydrogen) atoms. The SMILES string of the molecule is CCC(OC1CCCCC1)C(=O)N1CCC(N)C(C)(C)C1.Cl. The summed E-state index contributed by atoms with van der Waals surface area (Å²) in [5.41, 5.74) is 6.16. The number of nitrogens with zero attached hydrogens (tertiary/aromatic N) is 1. The summed E-state index contributed by atoms with van der Waals surface area (Å²) in [5, 5.41) is 0. The number of halogens is 1. The summed E-state index contributed by atoms with van der Waals surface area (Å²) in [4.78, 5) is 14.7. The summed E-state index contributed by atoms with van der Waals surface area (Å²) in [6, 6.07) is 0.181. The van der Waals surface area contributed by atoms with E-state index in [2.05, 4.69) is 13.8 Å². The number of likely N-dealkylation sites (tertiary alicyclic amines) is 1. The first kappa shape index (κ1) is 19.7. The molecule has 2 unspecified atom stereocenters. The van der Waals surface area contributed by atoms with Crippen molar-refractivity contribution in [2.24, 2.45) is 11.1 Å². The van der Waals surface area contributed by atoms with E-state index in [1.54, 1.807) is 0 Å². The number of ether oxygens (including phenoxy) is 1. The highest BCUT2D eigenvalue weighted by atomic mass is 35.5. The molecule has 1 saturated heterocycles. The van der Waals surface area contributed by atoms with Crippen molar-refractivity contribution in [1.29, 1.82) is 0 Å². The monoisotopic (exact) mass is 332 g/mol. The molecule has 2 N–H and O–H groups in total. The molecule has 1 saturated carbocycles. The van der Waals surface area contributed by atoms with Gasteiger partial charge in [-0.3, -0.25) is 4.79 Å². The van der Waals surface area contributed by atoms with Crippen LogP contribution in [0, 0.1) is 5.41 Å². The molecule has 4 nitrogen and oxygen atoms in total. The van der Waals surface area contributed by atoms with Crippen molar-refractivity contribution in [3.8, 4) is 0 Å². The number of hydrogen-bond donors (Lipinski definition) is 1. The number of carbonyl (C=O) groups is 1. The van der Waals surface area contributed by atoms with Crippen LogP contribution in [0.5, 0.6) is 0 Å². The Kier molecular flexibility index (Phi) is 7.63. The number of amides is 1. The number of piperidine rings is 1. The highest BCUT2D eigenvalue weighted by molar-refractivity contribution is 5.85. The van der Waals surface area contributed by atoms with Gasteiger partial charge in [0, 0.05) is 19.1 Å². The lowest BCUT2D eigenvalue weighted by atomic mass is 9.79. The number of hydrogen-bond acceptors (Lipinski definition) is 3. The Hall–Kier alpha value is -0.320. The zero-order chi connectivity index (χ0) is 15.5. The Morgan fingerprint density at radius 3 is 2.45 bits per heavy atom. The maximum atomic E-state index is 12.8. The fraction of sp³-hybridized carbons (Fsp3) is 0.941. The van der Waals surface area contributed by atoms with Gasteiger partial charge in [0.2, 0.25) is 0 Å². The number of rotatable bonds is 4. The molecule has 2 fully saturated rings. The second-order valence-electron chi connectivity index (χ2n) is 7.44. The molecule has 1 heterocycles. The second-order valence-corrected chi connectivity index (χ2v) is 7.44. The molecular weight excluding hydrogens is 300 g/mol. The van der Waals surface area contributed by atoms with E-state index in [1.165, 1.54) is 19.3 Å². The van der Waals surface area contributed by atoms with E-state index >= 15 is 0 Å². The molecule has 1 aliphatic heterocycles. The zero-order valence-corrected chi connectivity index (χ0v) is 15.2. The van der Waals surface area contributed by atoms with Crippen LogP contribution in [0.4, 0.5) is 0 Å². The molecule has 0 aromatic carbocycles. The first-order chi connectivity index (χ1) is 9.94. The molecule has 0 radical (unpaired) electrons. The van der Waals surface area contributed by atoms with Crippen molar-refractivity contribution < 1.29 is 9.53 Å².